The van der Waals surface area contributed by atoms with Crippen molar-refractivity contribution in [1.29, 1.82) is 0 Å². The van der Waals surface area contributed by atoms with E-state index in [1.165, 1.54) is 0 Å². The average Bonchev–Trinajstić information content (AvgIpc) is 2.12. The van der Waals surface area contributed by atoms with Crippen molar-refractivity contribution in [2.45, 2.75) is 20.8 Å². The standard InChI is InChI=1S/C11H13BrO2/c1-6-5-9(11(12)13)7(2)8(3)10(6)14-4/h5H,1-4H3. The third kappa shape index (κ3) is 1.82. The molecule has 1 rings (SSSR count). The molecule has 1 aromatic carbocycles. The molecule has 0 heterocycles. The van der Waals surface area contributed by atoms with E-state index < -0.39 is 0 Å². The van der Waals surface area contributed by atoms with Crippen LogP contribution in [0, 0.1) is 20.8 Å². The van der Waals surface area contributed by atoms with Crippen molar-refractivity contribution >= 4 is 20.6 Å². The largest absolute Gasteiger partial charge is 0.496 e. The number of carbonyl (C=O) groups excluding carboxylic acids is 1. The van der Waals surface area contributed by atoms with Gasteiger partial charge in [-0.1, -0.05) is 0 Å². The maximum absolute atomic E-state index is 11.2. The van der Waals surface area contributed by atoms with Crippen LogP contribution in [0.1, 0.15) is 27.0 Å². The van der Waals surface area contributed by atoms with E-state index >= 15 is 0 Å². The van der Waals surface area contributed by atoms with Crippen LogP contribution >= 0.6 is 15.9 Å². The highest BCUT2D eigenvalue weighted by Crippen LogP contribution is 2.29. The van der Waals surface area contributed by atoms with Crippen LogP contribution in [0.2, 0.25) is 0 Å². The predicted octanol–water partition coefficient (Wildman–Crippen LogP) is 3.16. The third-order valence-electron chi connectivity index (χ3n) is 2.44. The Morgan fingerprint density at radius 3 is 2.29 bits per heavy atom. The lowest BCUT2D eigenvalue weighted by molar-refractivity contribution is 0.109. The molecular weight excluding hydrogens is 244 g/mol. The van der Waals surface area contributed by atoms with Crippen LogP contribution in [0.5, 0.6) is 5.75 Å². The number of aryl methyl sites for hydroxylation is 1. The Labute approximate surface area is 92.4 Å². The lowest BCUT2D eigenvalue weighted by atomic mass is 9.99. The first kappa shape index (κ1) is 11.2. The minimum atomic E-state index is -0.0798. The summed E-state index contributed by atoms with van der Waals surface area (Å²) in [5, 5.41) is 0. The number of halogens is 1. The van der Waals surface area contributed by atoms with Gasteiger partial charge in [0.05, 0.1) is 7.11 Å². The summed E-state index contributed by atoms with van der Waals surface area (Å²) in [7, 11) is 1.64. The molecule has 0 aliphatic heterocycles. The molecule has 0 fully saturated rings. The Morgan fingerprint density at radius 1 is 1.29 bits per heavy atom. The average molecular weight is 257 g/mol. The predicted molar refractivity (Wildman–Crippen MR) is 60.5 cm³/mol. The molecule has 0 aliphatic rings. The second kappa shape index (κ2) is 4.13. The summed E-state index contributed by atoms with van der Waals surface area (Å²) in [4.78, 5) is 11.2. The van der Waals surface area contributed by atoms with E-state index in [-0.39, 0.29) is 4.69 Å². The smallest absolute Gasteiger partial charge is 0.228 e. The topological polar surface area (TPSA) is 26.3 Å². The van der Waals surface area contributed by atoms with Gasteiger partial charge in [0.1, 0.15) is 5.75 Å². The summed E-state index contributed by atoms with van der Waals surface area (Å²) in [6, 6.07) is 1.85. The fourth-order valence-electron chi connectivity index (χ4n) is 1.58. The van der Waals surface area contributed by atoms with E-state index in [1.54, 1.807) is 7.11 Å². The van der Waals surface area contributed by atoms with Gasteiger partial charge in [0.25, 0.3) is 0 Å². The molecule has 0 aliphatic carbocycles. The number of ether oxygens (including phenoxy) is 1. The lowest BCUT2D eigenvalue weighted by Gasteiger charge is -2.13. The first-order valence-corrected chi connectivity index (χ1v) is 5.13. The zero-order valence-corrected chi connectivity index (χ0v) is 10.4. The Bertz CT molecular complexity index is 383. The Morgan fingerprint density at radius 2 is 1.86 bits per heavy atom. The van der Waals surface area contributed by atoms with Gasteiger partial charge in [-0.2, -0.15) is 0 Å². The fraction of sp³-hybridized carbons (Fsp3) is 0.364. The van der Waals surface area contributed by atoms with E-state index in [0.29, 0.717) is 5.56 Å². The van der Waals surface area contributed by atoms with Crippen LogP contribution in [-0.4, -0.2) is 11.8 Å². The molecule has 0 bridgehead atoms. The van der Waals surface area contributed by atoms with Crippen molar-refractivity contribution in [2.24, 2.45) is 0 Å². The van der Waals surface area contributed by atoms with Crippen molar-refractivity contribution in [3.05, 3.63) is 28.3 Å². The van der Waals surface area contributed by atoms with Crippen LogP contribution in [0.4, 0.5) is 0 Å². The molecule has 0 saturated heterocycles. The molecule has 0 N–H and O–H groups in total. The summed E-state index contributed by atoms with van der Waals surface area (Å²) in [5.41, 5.74) is 3.68. The quantitative estimate of drug-likeness (QED) is 0.761. The van der Waals surface area contributed by atoms with Crippen LogP contribution in [0.25, 0.3) is 0 Å². The summed E-state index contributed by atoms with van der Waals surface area (Å²) in [5.74, 6) is 0.861. The van der Waals surface area contributed by atoms with E-state index in [0.717, 1.165) is 22.4 Å². The highest BCUT2D eigenvalue weighted by molar-refractivity contribution is 9.18. The van der Waals surface area contributed by atoms with Crippen molar-refractivity contribution in [3.63, 3.8) is 0 Å². The van der Waals surface area contributed by atoms with E-state index in [9.17, 15) is 4.79 Å². The Kier molecular flexibility index (Phi) is 3.32. The van der Waals surface area contributed by atoms with Crippen LogP contribution in [0.15, 0.2) is 6.07 Å². The minimum Gasteiger partial charge on any atom is -0.496 e. The number of methoxy groups -OCH3 is 1. The second-order valence-electron chi connectivity index (χ2n) is 3.30. The van der Waals surface area contributed by atoms with Gasteiger partial charge in [-0.25, -0.2) is 0 Å². The van der Waals surface area contributed by atoms with E-state index in [4.69, 9.17) is 4.74 Å². The van der Waals surface area contributed by atoms with Crippen molar-refractivity contribution in [1.82, 2.24) is 0 Å². The molecule has 0 unspecified atom stereocenters. The maximum atomic E-state index is 11.2. The number of hydrogen-bond donors (Lipinski definition) is 0. The molecule has 3 heteroatoms. The number of carbonyl (C=O) groups is 1. The van der Waals surface area contributed by atoms with Gasteiger partial charge in [-0.15, -0.1) is 0 Å². The van der Waals surface area contributed by atoms with Crippen molar-refractivity contribution in [3.8, 4) is 5.75 Å². The highest BCUT2D eigenvalue weighted by atomic mass is 79.9. The Balaban J connectivity index is 3.47. The molecule has 1 aromatic rings. The van der Waals surface area contributed by atoms with Crippen LogP contribution < -0.4 is 4.74 Å². The molecule has 76 valence electrons. The lowest BCUT2D eigenvalue weighted by Crippen LogP contribution is -2.00. The molecular formula is C11H13BrO2. The molecule has 0 aromatic heterocycles. The zero-order valence-electron chi connectivity index (χ0n) is 8.77. The Hall–Kier alpha value is -0.830. The van der Waals surface area contributed by atoms with E-state index in [2.05, 4.69) is 15.9 Å². The summed E-state index contributed by atoms with van der Waals surface area (Å²) >= 11 is 2.97. The molecule has 2 nitrogen and oxygen atoms in total. The molecule has 0 saturated carbocycles. The van der Waals surface area contributed by atoms with Gasteiger partial charge in [0.2, 0.25) is 4.69 Å². The van der Waals surface area contributed by atoms with Crippen molar-refractivity contribution in [2.75, 3.05) is 7.11 Å². The van der Waals surface area contributed by atoms with Gasteiger partial charge in [0, 0.05) is 5.56 Å². The fourth-order valence-corrected chi connectivity index (χ4v) is 1.99. The summed E-state index contributed by atoms with van der Waals surface area (Å²) in [6.07, 6.45) is 0. The first-order valence-electron chi connectivity index (χ1n) is 4.33. The van der Waals surface area contributed by atoms with Gasteiger partial charge in [-0.05, 0) is 59.5 Å². The molecule has 0 amide bonds. The third-order valence-corrected chi connectivity index (χ3v) is 2.87. The number of rotatable bonds is 2. The van der Waals surface area contributed by atoms with Crippen LogP contribution in [-0.2, 0) is 0 Å². The normalized spacial score (nSPS) is 10.1. The minimum absolute atomic E-state index is 0.0798. The number of benzene rings is 1. The first-order chi connectivity index (χ1) is 6.49. The molecule has 0 atom stereocenters. The summed E-state index contributed by atoms with van der Waals surface area (Å²) < 4.78 is 5.18. The number of hydrogen-bond acceptors (Lipinski definition) is 2. The van der Waals surface area contributed by atoms with Gasteiger partial charge >= 0.3 is 0 Å². The molecule has 0 spiro atoms. The van der Waals surface area contributed by atoms with Crippen LogP contribution in [0.3, 0.4) is 0 Å². The van der Waals surface area contributed by atoms with E-state index in [1.807, 2.05) is 26.8 Å². The summed E-state index contributed by atoms with van der Waals surface area (Å²) in [6.45, 7) is 5.82. The van der Waals surface area contributed by atoms with Crippen molar-refractivity contribution < 1.29 is 9.53 Å². The van der Waals surface area contributed by atoms with Gasteiger partial charge in [-0.3, -0.25) is 4.79 Å². The maximum Gasteiger partial charge on any atom is 0.228 e. The molecule has 0 radical (unpaired) electrons. The zero-order chi connectivity index (χ0) is 10.9. The van der Waals surface area contributed by atoms with Gasteiger partial charge < -0.3 is 4.74 Å². The molecule has 14 heavy (non-hydrogen) atoms. The SMILES string of the molecule is COc1c(C)cc(C(=O)Br)c(C)c1C. The highest BCUT2D eigenvalue weighted by Gasteiger charge is 2.13. The second-order valence-corrected chi connectivity index (χ2v) is 4.02. The monoisotopic (exact) mass is 256 g/mol. The van der Waals surface area contributed by atoms with Gasteiger partial charge in [0.15, 0.2) is 0 Å².